The lowest BCUT2D eigenvalue weighted by molar-refractivity contribution is 1.51. The first-order valence-corrected chi connectivity index (χ1v) is 25.4. The van der Waals surface area contributed by atoms with Gasteiger partial charge in [0.25, 0.3) is 0 Å². The smallest absolute Gasteiger partial charge is 0.0195 e. The van der Waals surface area contributed by atoms with E-state index in [1.165, 1.54) is 67.1 Å². The molecule has 0 aliphatic rings. The molecule has 0 spiro atoms. The van der Waals surface area contributed by atoms with Gasteiger partial charge in [-0.1, -0.05) is 243 Å². The maximum absolute atomic E-state index is 2.30. The van der Waals surface area contributed by atoms with Crippen LogP contribution in [0.4, 0.5) is 0 Å². The summed E-state index contributed by atoms with van der Waals surface area (Å²) in [5.41, 5.74) is 0. The van der Waals surface area contributed by atoms with Crippen molar-refractivity contribution in [3.8, 4) is 0 Å². The molecule has 56 heavy (non-hydrogen) atoms. The Kier molecular flexibility index (Phi) is 15.4. The molecule has 0 aromatic heterocycles. The molecule has 8 rings (SSSR count). The highest BCUT2D eigenvalue weighted by atomic mass is 31.1. The van der Waals surface area contributed by atoms with Crippen LogP contribution in [0.5, 0.6) is 0 Å². The lowest BCUT2D eigenvalue weighted by Gasteiger charge is -2.24. The van der Waals surface area contributed by atoms with E-state index in [4.69, 9.17) is 0 Å². The Balaban J connectivity index is 0.000000172. The van der Waals surface area contributed by atoms with Crippen LogP contribution in [0.25, 0.3) is 0 Å². The summed E-state index contributed by atoms with van der Waals surface area (Å²) in [7, 11) is -1.39. The molecule has 0 unspecified atom stereocenters. The average molecular weight is 797 g/mol. The molecule has 0 heterocycles. The zero-order valence-corrected chi connectivity index (χ0v) is 35.3. The van der Waals surface area contributed by atoms with Gasteiger partial charge in [0.05, 0.1) is 0 Å². The lowest BCUT2D eigenvalue weighted by Crippen LogP contribution is -2.19. The number of benzene rings is 8. The van der Waals surface area contributed by atoms with E-state index in [0.717, 1.165) is 0 Å². The van der Waals surface area contributed by atoms with Gasteiger partial charge in [0.1, 0.15) is 0 Å². The Hall–Kier alpha value is -4.52. The third-order valence-electron chi connectivity index (χ3n) is 9.64. The van der Waals surface area contributed by atoms with Gasteiger partial charge in [-0.2, -0.15) is 0 Å². The fourth-order valence-corrected chi connectivity index (χ4v) is 17.6. The van der Waals surface area contributed by atoms with Crippen molar-refractivity contribution in [1.82, 2.24) is 0 Å². The molecule has 0 fully saturated rings. The monoisotopic (exact) mass is 796 g/mol. The number of rotatable bonds is 14. The SMILES string of the molecule is c1ccc(P(CCP(c2ccccc2)c2ccccc2)c2ccccc2)cc1.c1ccc(P(CCP(c2ccccc2)c2ccccc2)c2ccccc2)cc1. The average Bonchev–Trinajstić information content (AvgIpc) is 3.29. The molecule has 8 aromatic rings. The van der Waals surface area contributed by atoms with Gasteiger partial charge in [-0.05, 0) is 98.8 Å². The highest BCUT2D eigenvalue weighted by Gasteiger charge is 2.20. The molecular formula is C52H48P4. The summed E-state index contributed by atoms with van der Waals surface area (Å²) in [5.74, 6) is 0. The highest BCUT2D eigenvalue weighted by Crippen LogP contribution is 2.42. The van der Waals surface area contributed by atoms with E-state index in [9.17, 15) is 0 Å². The molecule has 8 aromatic carbocycles. The molecule has 276 valence electrons. The van der Waals surface area contributed by atoms with Crippen molar-refractivity contribution in [2.24, 2.45) is 0 Å². The predicted molar refractivity (Wildman–Crippen MR) is 256 cm³/mol. The maximum atomic E-state index is 2.30. The van der Waals surface area contributed by atoms with Crippen LogP contribution in [0.2, 0.25) is 0 Å². The lowest BCUT2D eigenvalue weighted by atomic mass is 10.4. The minimum atomic E-state index is -0.348. The topological polar surface area (TPSA) is 0 Å². The van der Waals surface area contributed by atoms with Crippen LogP contribution in [0.15, 0.2) is 243 Å². The van der Waals surface area contributed by atoms with Gasteiger partial charge < -0.3 is 0 Å². The van der Waals surface area contributed by atoms with Crippen LogP contribution in [-0.2, 0) is 0 Å². The summed E-state index contributed by atoms with van der Waals surface area (Å²) >= 11 is 0. The van der Waals surface area contributed by atoms with Gasteiger partial charge in [-0.15, -0.1) is 0 Å². The van der Waals surface area contributed by atoms with Crippen molar-refractivity contribution >= 4 is 74.1 Å². The molecule has 0 N–H and O–H groups in total. The highest BCUT2D eigenvalue weighted by molar-refractivity contribution is 7.77. The number of hydrogen-bond acceptors (Lipinski definition) is 0. The molecule has 0 amide bonds. The van der Waals surface area contributed by atoms with E-state index < -0.39 is 0 Å². The first-order valence-electron chi connectivity index (χ1n) is 19.3. The second kappa shape index (κ2) is 21.7. The zero-order valence-electron chi connectivity index (χ0n) is 31.7. The molecule has 0 nitrogen and oxygen atoms in total. The Morgan fingerprint density at radius 1 is 0.161 bits per heavy atom. The molecule has 0 bridgehead atoms. The summed E-state index contributed by atoms with van der Waals surface area (Å²) in [4.78, 5) is 0. The van der Waals surface area contributed by atoms with Crippen molar-refractivity contribution in [1.29, 1.82) is 0 Å². The molecular weight excluding hydrogens is 748 g/mol. The zero-order chi connectivity index (χ0) is 38.0. The van der Waals surface area contributed by atoms with Gasteiger partial charge in [0, 0.05) is 0 Å². The number of hydrogen-bond donors (Lipinski definition) is 0. The van der Waals surface area contributed by atoms with Crippen LogP contribution in [-0.4, -0.2) is 24.6 Å². The molecule has 4 heteroatoms. The Labute approximate surface area is 339 Å². The fourth-order valence-electron chi connectivity index (χ4n) is 6.89. The molecule has 0 atom stereocenters. The van der Waals surface area contributed by atoms with Crippen molar-refractivity contribution in [3.63, 3.8) is 0 Å². The van der Waals surface area contributed by atoms with Crippen LogP contribution < -0.4 is 42.4 Å². The molecule has 0 aliphatic heterocycles. The second-order valence-corrected chi connectivity index (χ2v) is 22.6. The van der Waals surface area contributed by atoms with E-state index in [2.05, 4.69) is 243 Å². The van der Waals surface area contributed by atoms with E-state index in [1.54, 1.807) is 0 Å². The minimum Gasteiger partial charge on any atom is -0.0622 e. The van der Waals surface area contributed by atoms with E-state index >= 15 is 0 Å². The standard InChI is InChI=1S/2C26H24P2/c2*1-5-13-23(14-6-1)27(24-15-7-2-8-16-24)21-22-28(25-17-9-3-10-18-25)26-19-11-4-12-20-26/h2*1-20H,21-22H2. The molecule has 0 radical (unpaired) electrons. The fraction of sp³-hybridized carbons (Fsp3) is 0.0769. The summed E-state index contributed by atoms with van der Waals surface area (Å²) < 4.78 is 0. The van der Waals surface area contributed by atoms with Crippen LogP contribution in [0, 0.1) is 0 Å². The first kappa shape index (κ1) is 39.7. The molecule has 0 aliphatic carbocycles. The Morgan fingerprint density at radius 3 is 0.375 bits per heavy atom. The van der Waals surface area contributed by atoms with Gasteiger partial charge in [0.2, 0.25) is 0 Å². The van der Waals surface area contributed by atoms with Crippen LogP contribution in [0.3, 0.4) is 0 Å². The van der Waals surface area contributed by atoms with Gasteiger partial charge >= 0.3 is 0 Å². The van der Waals surface area contributed by atoms with Gasteiger partial charge in [-0.25, -0.2) is 0 Å². The third-order valence-corrected chi connectivity index (χ3v) is 20.4. The second-order valence-electron chi connectivity index (χ2n) is 13.3. The van der Waals surface area contributed by atoms with Gasteiger partial charge in [-0.3, -0.25) is 0 Å². The molecule has 0 saturated carbocycles. The van der Waals surface area contributed by atoms with E-state index in [0.29, 0.717) is 0 Å². The van der Waals surface area contributed by atoms with Crippen LogP contribution >= 0.6 is 31.7 Å². The Morgan fingerprint density at radius 2 is 0.268 bits per heavy atom. The first-order chi connectivity index (χ1) is 27.8. The van der Waals surface area contributed by atoms with Gasteiger partial charge in [0.15, 0.2) is 0 Å². The van der Waals surface area contributed by atoms with Crippen molar-refractivity contribution in [2.45, 2.75) is 0 Å². The largest absolute Gasteiger partial charge is 0.0622 e. The summed E-state index contributed by atoms with van der Waals surface area (Å²) in [5, 5.41) is 11.8. The predicted octanol–water partition coefficient (Wildman–Crippen LogP) is 10.5. The van der Waals surface area contributed by atoms with Crippen molar-refractivity contribution in [2.75, 3.05) is 24.6 Å². The van der Waals surface area contributed by atoms with E-state index in [1.807, 2.05) is 0 Å². The normalized spacial score (nSPS) is 11.1. The maximum Gasteiger partial charge on any atom is -0.0195 e. The minimum absolute atomic E-state index is 0.348. The van der Waals surface area contributed by atoms with Crippen molar-refractivity contribution in [3.05, 3.63) is 243 Å². The Bertz CT molecular complexity index is 1750. The molecule has 0 saturated heterocycles. The van der Waals surface area contributed by atoms with Crippen LogP contribution in [0.1, 0.15) is 0 Å². The summed E-state index contributed by atoms with van der Waals surface area (Å²) in [6, 6.07) is 88.4. The summed E-state index contributed by atoms with van der Waals surface area (Å²) in [6.45, 7) is 0. The van der Waals surface area contributed by atoms with Crippen molar-refractivity contribution < 1.29 is 0 Å². The quantitative estimate of drug-likeness (QED) is 0.0962. The third kappa shape index (κ3) is 11.3. The summed E-state index contributed by atoms with van der Waals surface area (Å²) in [6.07, 6.45) is 4.83. The van der Waals surface area contributed by atoms with E-state index in [-0.39, 0.29) is 31.7 Å².